The molecule has 3 heterocycles. The highest BCUT2D eigenvalue weighted by Gasteiger charge is 2.33. The van der Waals surface area contributed by atoms with E-state index in [0.29, 0.717) is 6.07 Å². The molecular formula is C16H16F3N5O4S2. The summed E-state index contributed by atoms with van der Waals surface area (Å²) in [6, 6.07) is 1.80. The summed E-state index contributed by atoms with van der Waals surface area (Å²) in [6.45, 7) is 1.40. The molecule has 3 rings (SSSR count). The first kappa shape index (κ1) is 22.0. The van der Waals surface area contributed by atoms with Gasteiger partial charge >= 0.3 is 11.9 Å². The number of H-pyrrole nitrogens is 1. The molecular weight excluding hydrogens is 447 g/mol. The van der Waals surface area contributed by atoms with Crippen LogP contribution < -0.4 is 5.69 Å². The molecule has 0 unspecified atom stereocenters. The zero-order valence-corrected chi connectivity index (χ0v) is 17.5. The number of nitrogens with zero attached hydrogens (tertiary/aromatic N) is 4. The van der Waals surface area contributed by atoms with E-state index in [0.717, 1.165) is 10.6 Å². The van der Waals surface area contributed by atoms with Gasteiger partial charge in [-0.2, -0.15) is 17.5 Å². The Morgan fingerprint density at radius 2 is 1.87 bits per heavy atom. The molecule has 162 valence electrons. The first-order chi connectivity index (χ1) is 13.7. The number of hydrogen-bond donors (Lipinski definition) is 1. The van der Waals surface area contributed by atoms with E-state index >= 15 is 0 Å². The molecule has 0 aliphatic carbocycles. The minimum atomic E-state index is -4.79. The summed E-state index contributed by atoms with van der Waals surface area (Å²) in [7, 11) is -6.46. The van der Waals surface area contributed by atoms with E-state index in [2.05, 4.69) is 14.3 Å². The van der Waals surface area contributed by atoms with Gasteiger partial charge in [0, 0.05) is 34.5 Å². The van der Waals surface area contributed by atoms with Crippen LogP contribution in [0.15, 0.2) is 38.6 Å². The summed E-state index contributed by atoms with van der Waals surface area (Å²) < 4.78 is 80.6. The Labute approximate surface area is 169 Å². The third kappa shape index (κ3) is 4.38. The van der Waals surface area contributed by atoms with Crippen LogP contribution in [0.25, 0.3) is 17.0 Å². The van der Waals surface area contributed by atoms with Crippen LogP contribution in [-0.4, -0.2) is 50.2 Å². The molecule has 0 atom stereocenters. The lowest BCUT2D eigenvalue weighted by molar-refractivity contribution is -0.141. The molecule has 3 aromatic rings. The maximum absolute atomic E-state index is 12.9. The second-order valence-corrected chi connectivity index (χ2v) is 11.3. The molecule has 0 bridgehead atoms. The Morgan fingerprint density at radius 3 is 2.43 bits per heavy atom. The standard InChI is InChI=1S/C16H16F3N5O4S2/c1-4-30(27,28)11-5-9(23-29(2,3)26)7-20-14(11)10-8-24-13(21-10)6-12(16(17,18)19)22-15(24)25/h5-8H,4H2,1-3H3,(H,22,25). The molecule has 30 heavy (non-hydrogen) atoms. The number of rotatable bonds is 4. The van der Waals surface area contributed by atoms with Crippen molar-refractivity contribution in [1.29, 1.82) is 0 Å². The van der Waals surface area contributed by atoms with Crippen molar-refractivity contribution in [1.82, 2.24) is 19.4 Å². The number of halogens is 3. The summed E-state index contributed by atoms with van der Waals surface area (Å²) >= 11 is 0. The van der Waals surface area contributed by atoms with Gasteiger partial charge in [-0.1, -0.05) is 6.92 Å². The van der Waals surface area contributed by atoms with Gasteiger partial charge in [-0.25, -0.2) is 22.4 Å². The van der Waals surface area contributed by atoms with Crippen LogP contribution in [0.4, 0.5) is 18.9 Å². The number of hydrogen-bond acceptors (Lipinski definition) is 7. The molecule has 0 saturated heterocycles. The van der Waals surface area contributed by atoms with Gasteiger partial charge in [-0.3, -0.25) is 9.38 Å². The maximum atomic E-state index is 12.9. The van der Waals surface area contributed by atoms with Crippen LogP contribution in [0, 0.1) is 0 Å². The van der Waals surface area contributed by atoms with Gasteiger partial charge in [0.2, 0.25) is 0 Å². The molecule has 14 heteroatoms. The zero-order chi connectivity index (χ0) is 22.5. The third-order valence-corrected chi connectivity index (χ3v) is 6.29. The van der Waals surface area contributed by atoms with Crippen molar-refractivity contribution >= 4 is 30.9 Å². The second-order valence-electron chi connectivity index (χ2n) is 6.56. The van der Waals surface area contributed by atoms with Crippen molar-refractivity contribution in [3.63, 3.8) is 0 Å². The zero-order valence-electron chi connectivity index (χ0n) is 15.9. The Bertz CT molecular complexity index is 1420. The van der Waals surface area contributed by atoms with Gasteiger partial charge in [-0.15, -0.1) is 0 Å². The summed E-state index contributed by atoms with van der Waals surface area (Å²) in [5.74, 6) is -0.301. The maximum Gasteiger partial charge on any atom is 0.431 e. The topological polar surface area (TPSA) is 127 Å². The SMILES string of the molecule is CCS(=O)(=O)c1cc(N=S(C)(C)=O)cnc1-c1cn2c(=O)[nH]c(C(F)(F)F)cc2n1. The highest BCUT2D eigenvalue weighted by atomic mass is 32.2. The van der Waals surface area contributed by atoms with Crippen LogP contribution >= 0.6 is 0 Å². The quantitative estimate of drug-likeness (QED) is 0.632. The van der Waals surface area contributed by atoms with Crippen molar-refractivity contribution in [2.45, 2.75) is 18.0 Å². The number of aromatic amines is 1. The number of sulfone groups is 1. The monoisotopic (exact) mass is 463 g/mol. The summed E-state index contributed by atoms with van der Waals surface area (Å²) in [5.41, 5.74) is -2.94. The van der Waals surface area contributed by atoms with Gasteiger partial charge in [0.15, 0.2) is 9.84 Å². The molecule has 3 aromatic heterocycles. The van der Waals surface area contributed by atoms with Crippen LogP contribution in [0.1, 0.15) is 12.6 Å². The number of imidazole rings is 1. The number of nitrogens with one attached hydrogen (secondary N) is 1. The van der Waals surface area contributed by atoms with E-state index in [1.807, 2.05) is 0 Å². The molecule has 9 nitrogen and oxygen atoms in total. The fourth-order valence-electron chi connectivity index (χ4n) is 2.59. The van der Waals surface area contributed by atoms with Crippen molar-refractivity contribution in [2.24, 2.45) is 4.36 Å². The van der Waals surface area contributed by atoms with Crippen molar-refractivity contribution in [3.05, 3.63) is 40.7 Å². The van der Waals surface area contributed by atoms with E-state index < -0.39 is 37.1 Å². The molecule has 0 saturated carbocycles. The van der Waals surface area contributed by atoms with E-state index in [-0.39, 0.29) is 33.4 Å². The Hall–Kier alpha value is -2.74. The highest BCUT2D eigenvalue weighted by molar-refractivity contribution is 7.92. The fourth-order valence-corrected chi connectivity index (χ4v) is 4.26. The minimum absolute atomic E-state index is 0.0572. The molecule has 0 fully saturated rings. The smallest absolute Gasteiger partial charge is 0.303 e. The molecule has 0 spiro atoms. The average Bonchev–Trinajstić information content (AvgIpc) is 3.04. The number of alkyl halides is 3. The van der Waals surface area contributed by atoms with Gasteiger partial charge in [-0.05, 0) is 6.07 Å². The first-order valence-electron chi connectivity index (χ1n) is 8.31. The summed E-state index contributed by atoms with van der Waals surface area (Å²) in [5, 5.41) is 0. The van der Waals surface area contributed by atoms with Gasteiger partial charge < -0.3 is 4.98 Å². The average molecular weight is 463 g/mol. The predicted octanol–water partition coefficient (Wildman–Crippen LogP) is 2.26. The largest absolute Gasteiger partial charge is 0.431 e. The van der Waals surface area contributed by atoms with Gasteiger partial charge in [0.1, 0.15) is 22.7 Å². The van der Waals surface area contributed by atoms with Gasteiger partial charge in [0.25, 0.3) is 0 Å². The predicted molar refractivity (Wildman–Crippen MR) is 104 cm³/mol. The number of aromatic nitrogens is 4. The summed E-state index contributed by atoms with van der Waals surface area (Å²) in [4.78, 5) is 21.4. The van der Waals surface area contributed by atoms with Crippen molar-refractivity contribution in [3.8, 4) is 11.4 Å². The molecule has 1 N–H and O–H groups in total. The molecule has 0 aliphatic heterocycles. The Morgan fingerprint density at radius 1 is 1.20 bits per heavy atom. The van der Waals surface area contributed by atoms with Crippen LogP contribution in [-0.2, 0) is 25.7 Å². The second kappa shape index (κ2) is 7.19. The fraction of sp³-hybridized carbons (Fsp3) is 0.312. The molecule has 0 radical (unpaired) electrons. The number of pyridine rings is 1. The van der Waals surface area contributed by atoms with Crippen LogP contribution in [0.5, 0.6) is 0 Å². The third-order valence-electron chi connectivity index (χ3n) is 3.89. The minimum Gasteiger partial charge on any atom is -0.303 e. The van der Waals surface area contributed by atoms with E-state index in [1.165, 1.54) is 31.7 Å². The lowest BCUT2D eigenvalue weighted by Crippen LogP contribution is -2.21. The van der Waals surface area contributed by atoms with Crippen LogP contribution in [0.2, 0.25) is 0 Å². The molecule has 0 aliphatic rings. The van der Waals surface area contributed by atoms with E-state index in [9.17, 15) is 30.6 Å². The number of fused-ring (bicyclic) bond motifs is 1. The Balaban J connectivity index is 2.29. The van der Waals surface area contributed by atoms with Gasteiger partial charge in [0.05, 0.1) is 22.5 Å². The van der Waals surface area contributed by atoms with E-state index in [4.69, 9.17) is 0 Å². The van der Waals surface area contributed by atoms with Crippen LogP contribution in [0.3, 0.4) is 0 Å². The first-order valence-corrected chi connectivity index (χ1v) is 12.3. The normalized spacial score (nSPS) is 13.0. The highest BCUT2D eigenvalue weighted by Crippen LogP contribution is 2.31. The summed E-state index contributed by atoms with van der Waals surface area (Å²) in [6.07, 6.45) is 0.193. The lowest BCUT2D eigenvalue weighted by Gasteiger charge is -2.08. The molecule has 0 amide bonds. The lowest BCUT2D eigenvalue weighted by atomic mass is 10.3. The van der Waals surface area contributed by atoms with Crippen molar-refractivity contribution < 1.29 is 25.8 Å². The van der Waals surface area contributed by atoms with Crippen molar-refractivity contribution in [2.75, 3.05) is 18.3 Å². The van der Waals surface area contributed by atoms with E-state index in [1.54, 1.807) is 4.98 Å². The Kier molecular flexibility index (Phi) is 5.27. The molecule has 0 aromatic carbocycles.